The van der Waals surface area contributed by atoms with Crippen LogP contribution in [0, 0.1) is 28.6 Å². The molecule has 2 aromatic heterocycles. The van der Waals surface area contributed by atoms with Crippen molar-refractivity contribution in [3.8, 4) is 29.0 Å². The smallest absolute Gasteiger partial charge is 0.148 e. The molecule has 3 aromatic rings. The molecule has 0 fully saturated rings. The summed E-state index contributed by atoms with van der Waals surface area (Å²) >= 11 is 9.23. The van der Waals surface area contributed by atoms with E-state index in [0.717, 1.165) is 22.2 Å². The van der Waals surface area contributed by atoms with Gasteiger partial charge >= 0.3 is 0 Å². The summed E-state index contributed by atoms with van der Waals surface area (Å²) < 4.78 is 5.52. The normalized spacial score (nSPS) is 15.9. The number of pyridine rings is 1. The van der Waals surface area contributed by atoms with Crippen molar-refractivity contribution in [2.45, 2.75) is 37.0 Å². The molecule has 2 atom stereocenters. The Morgan fingerprint density at radius 1 is 1.21 bits per heavy atom. The van der Waals surface area contributed by atoms with Crippen molar-refractivity contribution in [2.24, 2.45) is 5.92 Å². The van der Waals surface area contributed by atoms with Crippen molar-refractivity contribution in [3.63, 3.8) is 0 Å². The molecule has 0 amide bonds. The Hall–Kier alpha value is -3.60. The van der Waals surface area contributed by atoms with Crippen LogP contribution in [0.15, 0.2) is 70.6 Å². The third kappa shape index (κ3) is 7.24. The fourth-order valence-electron chi connectivity index (χ4n) is 4.75. The quantitative estimate of drug-likeness (QED) is 0.156. The van der Waals surface area contributed by atoms with Gasteiger partial charge in [0.15, 0.2) is 0 Å². The van der Waals surface area contributed by atoms with Gasteiger partial charge in [-0.1, -0.05) is 67.6 Å². The molecule has 10 heteroatoms. The first-order chi connectivity index (χ1) is 20.4. The molecule has 0 aliphatic heterocycles. The molecule has 4 rings (SSSR count). The first-order valence-corrected chi connectivity index (χ1v) is 15.9. The minimum atomic E-state index is -0.0912. The average molecular weight is 618 g/mol. The summed E-state index contributed by atoms with van der Waals surface area (Å²) in [4.78, 5) is 11.8. The van der Waals surface area contributed by atoms with Crippen LogP contribution in [-0.4, -0.2) is 41.4 Å². The number of thioether (sulfide) groups is 1. The van der Waals surface area contributed by atoms with Crippen molar-refractivity contribution < 1.29 is 9.84 Å². The van der Waals surface area contributed by atoms with Crippen molar-refractivity contribution in [1.29, 1.82) is 10.5 Å². The molecule has 2 unspecified atom stereocenters. The van der Waals surface area contributed by atoms with E-state index in [1.165, 1.54) is 11.8 Å². The monoisotopic (exact) mass is 617 g/mol. The summed E-state index contributed by atoms with van der Waals surface area (Å²) in [5, 5.41) is 34.2. The number of rotatable bonds is 13. The average Bonchev–Trinajstić information content (AvgIpc) is 3.47. The highest BCUT2D eigenvalue weighted by Crippen LogP contribution is 2.40. The summed E-state index contributed by atoms with van der Waals surface area (Å²) in [7, 11) is 0. The number of aliphatic hydroxyl groups is 1. The number of nitriles is 2. The van der Waals surface area contributed by atoms with Crippen molar-refractivity contribution in [3.05, 3.63) is 87.4 Å². The number of aromatic nitrogens is 2. The molecule has 2 heterocycles. The van der Waals surface area contributed by atoms with Gasteiger partial charge in [-0.2, -0.15) is 10.5 Å². The molecular formula is C32H32ClN5O2S2. The molecule has 1 N–H and O–H groups in total. The number of nitrogens with zero attached hydrogens (tertiary/aromatic N) is 5. The number of aliphatic hydroxyl groups excluding tert-OH is 1. The lowest BCUT2D eigenvalue weighted by Crippen LogP contribution is -2.26. The van der Waals surface area contributed by atoms with Crippen LogP contribution < -0.4 is 9.64 Å². The molecule has 0 bridgehead atoms. The molecule has 0 spiro atoms. The highest BCUT2D eigenvalue weighted by Gasteiger charge is 2.25. The number of thiazole rings is 1. The van der Waals surface area contributed by atoms with E-state index in [9.17, 15) is 10.5 Å². The molecular weight excluding hydrogens is 586 g/mol. The number of halogens is 1. The van der Waals surface area contributed by atoms with Crippen LogP contribution in [-0.2, 0) is 5.75 Å². The Morgan fingerprint density at radius 2 is 1.98 bits per heavy atom. The minimum Gasteiger partial charge on any atom is -0.491 e. The van der Waals surface area contributed by atoms with Gasteiger partial charge in [0.25, 0.3) is 0 Å². The largest absolute Gasteiger partial charge is 0.491 e. The van der Waals surface area contributed by atoms with Crippen molar-refractivity contribution in [2.75, 3.05) is 31.2 Å². The molecule has 216 valence electrons. The molecule has 0 saturated heterocycles. The van der Waals surface area contributed by atoms with Crippen LogP contribution in [0.5, 0.6) is 5.75 Å². The van der Waals surface area contributed by atoms with E-state index >= 15 is 0 Å². The maximum Gasteiger partial charge on any atom is 0.148 e. The lowest BCUT2D eigenvalue weighted by atomic mass is 9.90. The zero-order valence-electron chi connectivity index (χ0n) is 23.6. The van der Waals surface area contributed by atoms with Gasteiger partial charge in [0.2, 0.25) is 0 Å². The van der Waals surface area contributed by atoms with Gasteiger partial charge in [0, 0.05) is 40.7 Å². The fourth-order valence-corrected chi connectivity index (χ4v) is 7.01. The Balaban J connectivity index is 1.74. The molecule has 1 aliphatic carbocycles. The molecule has 0 radical (unpaired) electrons. The summed E-state index contributed by atoms with van der Waals surface area (Å²) in [6.07, 6.45) is 8.70. The minimum absolute atomic E-state index is 0.0912. The second-order valence-corrected chi connectivity index (χ2v) is 12.0. The van der Waals surface area contributed by atoms with E-state index in [0.29, 0.717) is 57.7 Å². The van der Waals surface area contributed by atoms with Gasteiger partial charge in [-0.05, 0) is 36.1 Å². The van der Waals surface area contributed by atoms with E-state index in [1.807, 2.05) is 34.6 Å². The second kappa shape index (κ2) is 15.0. The van der Waals surface area contributed by atoms with Crippen molar-refractivity contribution >= 4 is 40.5 Å². The molecule has 1 aliphatic rings. The van der Waals surface area contributed by atoms with E-state index in [4.69, 9.17) is 31.4 Å². The van der Waals surface area contributed by atoms with E-state index in [1.54, 1.807) is 29.5 Å². The molecule has 1 aromatic carbocycles. The van der Waals surface area contributed by atoms with Crippen LogP contribution in [0.1, 0.15) is 48.0 Å². The van der Waals surface area contributed by atoms with Crippen LogP contribution in [0.2, 0.25) is 0 Å². The topological polar surface area (TPSA) is 106 Å². The number of anilines is 1. The zero-order chi connectivity index (χ0) is 30.1. The van der Waals surface area contributed by atoms with E-state index in [2.05, 4.69) is 38.6 Å². The van der Waals surface area contributed by atoms with E-state index in [-0.39, 0.29) is 25.0 Å². The number of ether oxygens (including phenoxy) is 1. The SMILES string of the molecule is C=CCN(CCC)c1nc(SCc2csc(C3C=CC(Cl)=CC3C)n2)c(C#N)c(-c2ccc(OCCO)cc2)c1C#N. The molecule has 7 nitrogen and oxygen atoms in total. The lowest BCUT2D eigenvalue weighted by Gasteiger charge is -2.25. The molecule has 0 saturated carbocycles. The van der Waals surface area contributed by atoms with Gasteiger partial charge in [-0.15, -0.1) is 17.9 Å². The van der Waals surface area contributed by atoms with Gasteiger partial charge in [-0.3, -0.25) is 0 Å². The second-order valence-electron chi connectivity index (χ2n) is 9.68. The third-order valence-corrected chi connectivity index (χ3v) is 8.93. The highest BCUT2D eigenvalue weighted by molar-refractivity contribution is 7.98. The first-order valence-electron chi connectivity index (χ1n) is 13.6. The summed E-state index contributed by atoms with van der Waals surface area (Å²) in [5.41, 5.74) is 2.84. The van der Waals surface area contributed by atoms with Gasteiger partial charge in [0.1, 0.15) is 45.9 Å². The summed E-state index contributed by atoms with van der Waals surface area (Å²) in [5.74, 6) is 2.06. The van der Waals surface area contributed by atoms with Gasteiger partial charge in [-0.25, -0.2) is 9.97 Å². The predicted molar refractivity (Wildman–Crippen MR) is 171 cm³/mol. The summed E-state index contributed by atoms with van der Waals surface area (Å²) in [6, 6.07) is 11.9. The maximum atomic E-state index is 10.4. The van der Waals surface area contributed by atoms with Crippen molar-refractivity contribution in [1.82, 2.24) is 9.97 Å². The highest BCUT2D eigenvalue weighted by atomic mass is 35.5. The van der Waals surface area contributed by atoms with Gasteiger partial charge in [0.05, 0.1) is 17.9 Å². The Labute approximate surface area is 260 Å². The Morgan fingerprint density at radius 3 is 2.62 bits per heavy atom. The van der Waals surface area contributed by atoms with Crippen LogP contribution in [0.25, 0.3) is 11.1 Å². The lowest BCUT2D eigenvalue weighted by molar-refractivity contribution is 0.201. The van der Waals surface area contributed by atoms with Gasteiger partial charge < -0.3 is 14.7 Å². The number of hydrogen-bond acceptors (Lipinski definition) is 9. The third-order valence-electron chi connectivity index (χ3n) is 6.68. The standard InChI is InChI=1S/C32H32ClN5O2S2/c1-4-12-38(13-5-2)30-27(17-34)29(22-6-9-25(10-7-22)40-15-14-39)28(18-35)32(37-30)42-20-24-19-41-31(36-24)26-11-8-23(33)16-21(26)3/h4,6-11,16,19,21,26,39H,1,5,12-15,20H2,2-3H3. The molecule has 42 heavy (non-hydrogen) atoms. The Kier molecular flexibility index (Phi) is 11.2. The Bertz CT molecular complexity index is 1550. The van der Waals surface area contributed by atoms with Crippen LogP contribution >= 0.6 is 34.7 Å². The zero-order valence-corrected chi connectivity index (χ0v) is 26.0. The van der Waals surface area contributed by atoms with Crippen LogP contribution in [0.3, 0.4) is 0 Å². The first kappa shape index (κ1) is 31.3. The maximum absolute atomic E-state index is 10.4. The van der Waals surface area contributed by atoms with E-state index < -0.39 is 0 Å². The predicted octanol–water partition coefficient (Wildman–Crippen LogP) is 7.43. The van der Waals surface area contributed by atoms with Crippen LogP contribution in [0.4, 0.5) is 5.82 Å². The number of allylic oxidation sites excluding steroid dienone is 4. The fraction of sp³-hybridized carbons (Fsp3) is 0.312. The summed E-state index contributed by atoms with van der Waals surface area (Å²) in [6.45, 7) is 9.38. The number of benzene rings is 1. The number of hydrogen-bond donors (Lipinski definition) is 1.